The van der Waals surface area contributed by atoms with Gasteiger partial charge in [-0.15, -0.1) is 0 Å². The molecule has 5 heteroatoms. The number of nitrogen functional groups attached to an aromatic ring is 1. The predicted molar refractivity (Wildman–Crippen MR) is 83.1 cm³/mol. The highest BCUT2D eigenvalue weighted by Crippen LogP contribution is 2.19. The number of benzene rings is 1. The Morgan fingerprint density at radius 3 is 3.10 bits per heavy atom. The van der Waals surface area contributed by atoms with E-state index in [-0.39, 0.29) is 5.91 Å². The van der Waals surface area contributed by atoms with Crippen molar-refractivity contribution in [1.29, 1.82) is 0 Å². The van der Waals surface area contributed by atoms with E-state index < -0.39 is 0 Å². The molecule has 1 aliphatic heterocycles. The summed E-state index contributed by atoms with van der Waals surface area (Å²) in [6.45, 7) is 4.99. The third kappa shape index (κ3) is 4.44. The van der Waals surface area contributed by atoms with E-state index in [1.807, 2.05) is 6.07 Å². The molecule has 21 heavy (non-hydrogen) atoms. The van der Waals surface area contributed by atoms with Gasteiger partial charge in [0.2, 0.25) is 0 Å². The fourth-order valence-electron chi connectivity index (χ4n) is 2.91. The molecule has 1 aromatic rings. The van der Waals surface area contributed by atoms with Gasteiger partial charge in [-0.25, -0.2) is 5.84 Å². The van der Waals surface area contributed by atoms with E-state index in [9.17, 15) is 4.79 Å². The molecule has 0 bridgehead atoms. The number of amides is 1. The van der Waals surface area contributed by atoms with Crippen LogP contribution in [0.2, 0.25) is 0 Å². The first-order chi connectivity index (χ1) is 10.2. The molecule has 0 aliphatic carbocycles. The fraction of sp³-hybridized carbons (Fsp3) is 0.562. The summed E-state index contributed by atoms with van der Waals surface area (Å²) >= 11 is 0. The molecule has 1 amide bonds. The molecule has 1 heterocycles. The van der Waals surface area contributed by atoms with E-state index in [1.165, 1.54) is 25.7 Å². The monoisotopic (exact) mass is 291 g/mol. The minimum atomic E-state index is -0.303. The van der Waals surface area contributed by atoms with Crippen molar-refractivity contribution in [3.05, 3.63) is 29.8 Å². The van der Waals surface area contributed by atoms with Crippen molar-refractivity contribution in [2.24, 2.45) is 5.84 Å². The molecule has 1 unspecified atom stereocenters. The van der Waals surface area contributed by atoms with Crippen molar-refractivity contribution in [2.45, 2.75) is 38.6 Å². The summed E-state index contributed by atoms with van der Waals surface area (Å²) in [7, 11) is 0. The number of rotatable bonds is 6. The zero-order valence-corrected chi connectivity index (χ0v) is 12.7. The van der Waals surface area contributed by atoms with Crippen molar-refractivity contribution >= 4 is 5.91 Å². The number of hydrogen-bond acceptors (Lipinski definition) is 4. The maximum absolute atomic E-state index is 11.5. The largest absolute Gasteiger partial charge is 0.492 e. The summed E-state index contributed by atoms with van der Waals surface area (Å²) in [4.78, 5) is 14.0. The number of ether oxygens (including phenoxy) is 1. The number of nitrogens with one attached hydrogen (secondary N) is 1. The van der Waals surface area contributed by atoms with Crippen LogP contribution < -0.4 is 16.0 Å². The van der Waals surface area contributed by atoms with E-state index >= 15 is 0 Å². The van der Waals surface area contributed by atoms with Crippen LogP contribution in [0.4, 0.5) is 0 Å². The van der Waals surface area contributed by atoms with Gasteiger partial charge in [-0.2, -0.15) is 0 Å². The highest BCUT2D eigenvalue weighted by molar-refractivity contribution is 5.94. The summed E-state index contributed by atoms with van der Waals surface area (Å²) in [5, 5.41) is 0. The number of nitrogens with zero attached hydrogens (tertiary/aromatic N) is 1. The number of likely N-dealkylation sites (tertiary alicyclic amines) is 1. The standard InChI is InChI=1S/C16H25N3O2/c1-2-14-7-3-4-9-19(14)10-11-21-15-8-5-6-13(12-15)16(20)18-17/h5-6,8,12,14H,2-4,7,9-11,17H2,1H3,(H,18,20). The second kappa shape index (κ2) is 8.00. The van der Waals surface area contributed by atoms with Gasteiger partial charge in [0, 0.05) is 18.2 Å². The zero-order valence-electron chi connectivity index (χ0n) is 12.7. The number of carbonyl (C=O) groups excluding carboxylic acids is 1. The third-order valence-corrected chi connectivity index (χ3v) is 4.09. The number of piperidine rings is 1. The lowest BCUT2D eigenvalue weighted by Crippen LogP contribution is -2.41. The van der Waals surface area contributed by atoms with Crippen LogP contribution in [0.5, 0.6) is 5.75 Å². The Hall–Kier alpha value is -1.59. The van der Waals surface area contributed by atoms with Crippen LogP contribution in [0.3, 0.4) is 0 Å². The van der Waals surface area contributed by atoms with Crippen molar-refractivity contribution in [3.8, 4) is 5.75 Å². The molecule has 0 radical (unpaired) electrons. The first-order valence-corrected chi connectivity index (χ1v) is 7.72. The van der Waals surface area contributed by atoms with E-state index in [4.69, 9.17) is 10.6 Å². The van der Waals surface area contributed by atoms with Gasteiger partial charge in [0.25, 0.3) is 5.91 Å². The minimum absolute atomic E-state index is 0.303. The molecule has 5 nitrogen and oxygen atoms in total. The SMILES string of the molecule is CCC1CCCCN1CCOc1cccc(C(=O)NN)c1. The van der Waals surface area contributed by atoms with Crippen molar-refractivity contribution < 1.29 is 9.53 Å². The molecule has 1 aliphatic rings. The summed E-state index contributed by atoms with van der Waals surface area (Å²) in [6.07, 6.45) is 5.11. The molecule has 2 rings (SSSR count). The Labute approximate surface area is 126 Å². The van der Waals surface area contributed by atoms with Crippen LogP contribution in [0, 0.1) is 0 Å². The Bertz CT molecular complexity index is 465. The van der Waals surface area contributed by atoms with Crippen LogP contribution >= 0.6 is 0 Å². The number of hydrazine groups is 1. The number of hydrogen-bond donors (Lipinski definition) is 2. The van der Waals surface area contributed by atoms with Gasteiger partial charge in [-0.05, 0) is 44.0 Å². The normalized spacial score (nSPS) is 19.2. The molecule has 0 aromatic heterocycles. The summed E-state index contributed by atoms with van der Waals surface area (Å²) in [6, 6.07) is 7.79. The predicted octanol–water partition coefficient (Wildman–Crippen LogP) is 1.93. The molecule has 1 atom stereocenters. The lowest BCUT2D eigenvalue weighted by atomic mass is 10.0. The van der Waals surface area contributed by atoms with Gasteiger partial charge in [-0.3, -0.25) is 15.1 Å². The Morgan fingerprint density at radius 1 is 1.48 bits per heavy atom. The summed E-state index contributed by atoms with van der Waals surface area (Å²) in [5.41, 5.74) is 2.64. The Morgan fingerprint density at radius 2 is 2.33 bits per heavy atom. The topological polar surface area (TPSA) is 67.6 Å². The highest BCUT2D eigenvalue weighted by Gasteiger charge is 2.20. The van der Waals surface area contributed by atoms with E-state index in [2.05, 4.69) is 17.2 Å². The number of nitrogens with two attached hydrogens (primary N) is 1. The van der Waals surface area contributed by atoms with Crippen LogP contribution in [0.1, 0.15) is 43.0 Å². The van der Waals surface area contributed by atoms with Crippen LogP contribution in [0.15, 0.2) is 24.3 Å². The minimum Gasteiger partial charge on any atom is -0.492 e. The van der Waals surface area contributed by atoms with Gasteiger partial charge >= 0.3 is 0 Å². The van der Waals surface area contributed by atoms with Crippen molar-refractivity contribution in [3.63, 3.8) is 0 Å². The Kier molecular flexibility index (Phi) is 6.02. The summed E-state index contributed by atoms with van der Waals surface area (Å²) in [5.74, 6) is 5.54. The van der Waals surface area contributed by atoms with Crippen LogP contribution in [0.25, 0.3) is 0 Å². The lowest BCUT2D eigenvalue weighted by molar-refractivity contribution is 0.0952. The molecule has 3 N–H and O–H groups in total. The molecular weight excluding hydrogens is 266 g/mol. The molecule has 0 saturated carbocycles. The van der Waals surface area contributed by atoms with Crippen molar-refractivity contribution in [2.75, 3.05) is 19.7 Å². The van der Waals surface area contributed by atoms with Crippen LogP contribution in [-0.2, 0) is 0 Å². The smallest absolute Gasteiger partial charge is 0.265 e. The molecule has 1 aromatic carbocycles. The fourth-order valence-corrected chi connectivity index (χ4v) is 2.91. The molecule has 1 fully saturated rings. The summed E-state index contributed by atoms with van der Waals surface area (Å²) < 4.78 is 5.77. The highest BCUT2D eigenvalue weighted by atomic mass is 16.5. The lowest BCUT2D eigenvalue weighted by Gasteiger charge is -2.35. The second-order valence-corrected chi connectivity index (χ2v) is 5.44. The van der Waals surface area contributed by atoms with Gasteiger partial charge in [0.05, 0.1) is 0 Å². The quantitative estimate of drug-likeness (QED) is 0.477. The Balaban J connectivity index is 1.84. The first-order valence-electron chi connectivity index (χ1n) is 7.72. The van der Waals surface area contributed by atoms with Gasteiger partial charge in [-0.1, -0.05) is 19.4 Å². The van der Waals surface area contributed by atoms with Gasteiger partial charge < -0.3 is 4.74 Å². The molecule has 116 valence electrons. The van der Waals surface area contributed by atoms with Crippen LogP contribution in [-0.4, -0.2) is 36.5 Å². The molecule has 1 saturated heterocycles. The van der Waals surface area contributed by atoms with E-state index in [0.717, 1.165) is 13.1 Å². The maximum atomic E-state index is 11.5. The first kappa shape index (κ1) is 15.8. The zero-order chi connectivity index (χ0) is 15.1. The van der Waals surface area contributed by atoms with Gasteiger partial charge in [0.15, 0.2) is 0 Å². The number of carbonyl (C=O) groups is 1. The average molecular weight is 291 g/mol. The van der Waals surface area contributed by atoms with E-state index in [0.29, 0.717) is 24.0 Å². The van der Waals surface area contributed by atoms with Gasteiger partial charge in [0.1, 0.15) is 12.4 Å². The average Bonchev–Trinajstić information content (AvgIpc) is 2.55. The second-order valence-electron chi connectivity index (χ2n) is 5.44. The van der Waals surface area contributed by atoms with E-state index in [1.54, 1.807) is 18.2 Å². The van der Waals surface area contributed by atoms with Crippen molar-refractivity contribution in [1.82, 2.24) is 10.3 Å². The third-order valence-electron chi connectivity index (χ3n) is 4.09. The molecule has 0 spiro atoms. The maximum Gasteiger partial charge on any atom is 0.265 e. The molecular formula is C16H25N3O2.